The lowest BCUT2D eigenvalue weighted by Crippen LogP contribution is -2.37. The second-order valence-corrected chi connectivity index (χ2v) is 15.7. The third-order valence-electron chi connectivity index (χ3n) is 8.01. The van der Waals surface area contributed by atoms with Crippen molar-refractivity contribution in [2.45, 2.75) is 142 Å². The summed E-state index contributed by atoms with van der Waals surface area (Å²) >= 11 is 0. The topological polar surface area (TPSA) is 108 Å². The van der Waals surface area contributed by atoms with E-state index in [-0.39, 0.29) is 26.1 Å². The van der Waals surface area contributed by atoms with E-state index < -0.39 is 32.5 Å². The van der Waals surface area contributed by atoms with Crippen LogP contribution in [0.4, 0.5) is 0 Å². The SMILES string of the molecule is CC/C=C\C/C=C\C/C=C\C/C=C\C/C=C\C/C=C\CCC(=O)OC[C@H](COP(=O)(O)OCC[N+](C)(C)C)OC(=O)CCCCCCCCCCCC. The molecule has 0 saturated heterocycles. The van der Waals surface area contributed by atoms with Gasteiger partial charge in [0.05, 0.1) is 27.7 Å². The largest absolute Gasteiger partial charge is 0.472 e. The number of unbranched alkanes of at least 4 members (excludes halogenated alkanes) is 9. The molecule has 304 valence electrons. The summed E-state index contributed by atoms with van der Waals surface area (Å²) in [4.78, 5) is 35.2. The molecular formula is C43H75NO8P+. The Morgan fingerprint density at radius 2 is 1.08 bits per heavy atom. The maximum atomic E-state index is 12.6. The van der Waals surface area contributed by atoms with Crippen LogP contribution >= 0.6 is 7.82 Å². The van der Waals surface area contributed by atoms with Crippen LogP contribution < -0.4 is 0 Å². The van der Waals surface area contributed by atoms with E-state index in [1.807, 2.05) is 33.3 Å². The quantitative estimate of drug-likeness (QED) is 0.0223. The molecule has 0 amide bonds. The van der Waals surface area contributed by atoms with E-state index in [2.05, 4.69) is 74.6 Å². The van der Waals surface area contributed by atoms with Crippen LogP contribution in [0.3, 0.4) is 0 Å². The van der Waals surface area contributed by atoms with E-state index >= 15 is 0 Å². The zero-order valence-corrected chi connectivity index (χ0v) is 34.9. The molecule has 0 aliphatic heterocycles. The Morgan fingerprint density at radius 3 is 1.57 bits per heavy atom. The molecule has 0 aliphatic rings. The smallest absolute Gasteiger partial charge is 0.462 e. The van der Waals surface area contributed by atoms with Crippen LogP contribution in [0.5, 0.6) is 0 Å². The van der Waals surface area contributed by atoms with E-state index in [4.69, 9.17) is 18.5 Å². The fourth-order valence-corrected chi connectivity index (χ4v) is 5.60. The number of rotatable bonds is 35. The first kappa shape index (κ1) is 50.5. The lowest BCUT2D eigenvalue weighted by molar-refractivity contribution is -0.870. The maximum Gasteiger partial charge on any atom is 0.472 e. The Kier molecular flexibility index (Phi) is 33.5. The Hall–Kier alpha value is -2.55. The number of hydrogen-bond acceptors (Lipinski definition) is 7. The molecule has 0 rings (SSSR count). The Morgan fingerprint density at radius 1 is 0.604 bits per heavy atom. The first-order valence-corrected chi connectivity index (χ1v) is 21.7. The molecule has 9 nitrogen and oxygen atoms in total. The molecule has 0 bridgehead atoms. The summed E-state index contributed by atoms with van der Waals surface area (Å²) in [6, 6.07) is 0. The standard InChI is InChI=1S/C43H74NO8P/c1-6-8-10-12-14-16-18-19-20-21-22-23-24-25-26-28-29-31-33-35-42(45)49-39-41(40-51-53(47,48)50-38-37-44(3,4)5)52-43(46)36-34-32-30-27-17-15-13-11-9-7-2/h8,10,14,16,19-20,22-23,25-26,29,31,41H,6-7,9,11-13,15,17-18,21,24,27-28,30,32-40H2,1-5H3/p+1/b10-8-,16-14-,20-19-,23-22-,26-25-,31-29-/t41-/m1/s1. The van der Waals surface area contributed by atoms with Crippen LogP contribution in [-0.4, -0.2) is 74.9 Å². The number of esters is 2. The molecule has 0 aromatic heterocycles. The average Bonchev–Trinajstić information content (AvgIpc) is 3.10. The lowest BCUT2D eigenvalue weighted by atomic mass is 10.1. The molecule has 0 heterocycles. The summed E-state index contributed by atoms with van der Waals surface area (Å²) in [5, 5.41) is 0. The van der Waals surface area contributed by atoms with Crippen molar-refractivity contribution >= 4 is 19.8 Å². The minimum Gasteiger partial charge on any atom is -0.462 e. The molecule has 0 fully saturated rings. The molecule has 0 saturated carbocycles. The number of likely N-dealkylation sites (N-methyl/N-ethyl adjacent to an activating group) is 1. The van der Waals surface area contributed by atoms with Gasteiger partial charge in [-0.2, -0.15) is 0 Å². The monoisotopic (exact) mass is 765 g/mol. The molecule has 1 unspecified atom stereocenters. The first-order valence-electron chi connectivity index (χ1n) is 20.2. The highest BCUT2D eigenvalue weighted by Crippen LogP contribution is 2.43. The van der Waals surface area contributed by atoms with Crippen LogP contribution in [-0.2, 0) is 32.7 Å². The van der Waals surface area contributed by atoms with Crippen LogP contribution in [0.1, 0.15) is 136 Å². The van der Waals surface area contributed by atoms with Crippen molar-refractivity contribution in [2.24, 2.45) is 0 Å². The summed E-state index contributed by atoms with van der Waals surface area (Å²) in [7, 11) is 1.43. The van der Waals surface area contributed by atoms with Gasteiger partial charge in [0.25, 0.3) is 0 Å². The molecular weight excluding hydrogens is 689 g/mol. The molecule has 2 atom stereocenters. The van der Waals surface area contributed by atoms with Gasteiger partial charge in [-0.1, -0.05) is 145 Å². The number of hydrogen-bond donors (Lipinski definition) is 1. The molecule has 0 radical (unpaired) electrons. The third kappa shape index (κ3) is 39.0. The zero-order valence-electron chi connectivity index (χ0n) is 34.0. The van der Waals surface area contributed by atoms with Crippen molar-refractivity contribution < 1.29 is 42.1 Å². The third-order valence-corrected chi connectivity index (χ3v) is 9.00. The van der Waals surface area contributed by atoms with Gasteiger partial charge in [0.2, 0.25) is 0 Å². The van der Waals surface area contributed by atoms with Gasteiger partial charge >= 0.3 is 19.8 Å². The van der Waals surface area contributed by atoms with Gasteiger partial charge < -0.3 is 18.9 Å². The maximum absolute atomic E-state index is 12.6. The van der Waals surface area contributed by atoms with Gasteiger partial charge in [-0.3, -0.25) is 18.6 Å². The normalized spacial score (nSPS) is 14.5. The highest BCUT2D eigenvalue weighted by atomic mass is 31.2. The number of nitrogens with zero attached hydrogens (tertiary/aromatic N) is 1. The zero-order chi connectivity index (χ0) is 39.3. The van der Waals surface area contributed by atoms with Crippen LogP contribution in [0, 0.1) is 0 Å². The fraction of sp³-hybridized carbons (Fsp3) is 0.674. The van der Waals surface area contributed by atoms with E-state index in [0.717, 1.165) is 57.8 Å². The number of phosphoric ester groups is 1. The van der Waals surface area contributed by atoms with E-state index in [1.54, 1.807) is 0 Å². The predicted molar refractivity (Wildman–Crippen MR) is 219 cm³/mol. The van der Waals surface area contributed by atoms with E-state index in [1.165, 1.54) is 38.5 Å². The molecule has 0 aliphatic carbocycles. The van der Waals surface area contributed by atoms with Crippen molar-refractivity contribution in [1.29, 1.82) is 0 Å². The van der Waals surface area contributed by atoms with Crippen LogP contribution in [0.2, 0.25) is 0 Å². The second kappa shape index (κ2) is 35.2. The van der Waals surface area contributed by atoms with Crippen LogP contribution in [0.25, 0.3) is 0 Å². The molecule has 53 heavy (non-hydrogen) atoms. The van der Waals surface area contributed by atoms with Gasteiger partial charge in [0.1, 0.15) is 19.8 Å². The Balaban J connectivity index is 4.51. The highest BCUT2D eigenvalue weighted by Gasteiger charge is 2.27. The van der Waals surface area contributed by atoms with Gasteiger partial charge in [-0.15, -0.1) is 0 Å². The van der Waals surface area contributed by atoms with Gasteiger partial charge in [-0.05, 0) is 51.4 Å². The molecule has 1 N–H and O–H groups in total. The van der Waals surface area contributed by atoms with Gasteiger partial charge in [0, 0.05) is 12.8 Å². The number of carbonyl (C=O) groups is 2. The number of carbonyl (C=O) groups excluding carboxylic acids is 2. The minimum atomic E-state index is -4.39. The summed E-state index contributed by atoms with van der Waals surface area (Å²) in [5.41, 5.74) is 0. The van der Waals surface area contributed by atoms with Crippen molar-refractivity contribution in [3.05, 3.63) is 72.9 Å². The Bertz CT molecular complexity index is 1140. The van der Waals surface area contributed by atoms with Crippen molar-refractivity contribution in [3.8, 4) is 0 Å². The predicted octanol–water partition coefficient (Wildman–Crippen LogP) is 11.1. The molecule has 10 heteroatoms. The summed E-state index contributed by atoms with van der Waals surface area (Å²) < 4.78 is 34.1. The van der Waals surface area contributed by atoms with Gasteiger partial charge in [0.15, 0.2) is 6.10 Å². The summed E-state index contributed by atoms with van der Waals surface area (Å²) in [6.45, 7) is 4.18. The van der Waals surface area contributed by atoms with Crippen LogP contribution in [0.15, 0.2) is 72.9 Å². The Labute approximate surface area is 323 Å². The van der Waals surface area contributed by atoms with Crippen molar-refractivity contribution in [2.75, 3.05) is 47.5 Å². The van der Waals surface area contributed by atoms with Gasteiger partial charge in [-0.25, -0.2) is 4.57 Å². The number of allylic oxidation sites excluding steroid dienone is 12. The number of quaternary nitrogens is 1. The number of phosphoric acid groups is 1. The molecule has 0 aromatic carbocycles. The highest BCUT2D eigenvalue weighted by molar-refractivity contribution is 7.47. The first-order chi connectivity index (χ1) is 25.5. The molecule has 0 spiro atoms. The lowest BCUT2D eigenvalue weighted by Gasteiger charge is -2.24. The fourth-order valence-electron chi connectivity index (χ4n) is 4.86. The van der Waals surface area contributed by atoms with Crippen molar-refractivity contribution in [3.63, 3.8) is 0 Å². The molecule has 0 aromatic rings. The average molecular weight is 765 g/mol. The number of ether oxygens (including phenoxy) is 2. The second-order valence-electron chi connectivity index (χ2n) is 14.3. The van der Waals surface area contributed by atoms with E-state index in [9.17, 15) is 19.0 Å². The van der Waals surface area contributed by atoms with E-state index in [0.29, 0.717) is 23.9 Å². The van der Waals surface area contributed by atoms with Crippen molar-refractivity contribution in [1.82, 2.24) is 0 Å². The summed E-state index contributed by atoms with van der Waals surface area (Å²) in [6.07, 6.45) is 42.6. The summed E-state index contributed by atoms with van der Waals surface area (Å²) in [5.74, 6) is -0.905. The minimum absolute atomic E-state index is 0.0179.